The van der Waals surface area contributed by atoms with Crippen LogP contribution in [0.4, 0.5) is 17.3 Å². The van der Waals surface area contributed by atoms with Crippen LogP contribution in [0.5, 0.6) is 0 Å². The largest absolute Gasteiger partial charge is 0.383 e. The topological polar surface area (TPSA) is 103 Å². The van der Waals surface area contributed by atoms with Gasteiger partial charge in [0.25, 0.3) is 0 Å². The summed E-state index contributed by atoms with van der Waals surface area (Å²) >= 11 is 0. The number of nitro groups is 1. The van der Waals surface area contributed by atoms with Crippen LogP contribution >= 0.6 is 0 Å². The summed E-state index contributed by atoms with van der Waals surface area (Å²) in [6.07, 6.45) is 6.87. The van der Waals surface area contributed by atoms with E-state index in [0.29, 0.717) is 11.9 Å². The monoisotopic (exact) mass is 288 g/mol. The number of hydrogen-bond donors (Lipinski definition) is 1. The van der Waals surface area contributed by atoms with E-state index < -0.39 is 4.92 Å². The quantitative estimate of drug-likeness (QED) is 0.664. The van der Waals surface area contributed by atoms with Crippen LogP contribution in [0.15, 0.2) is 6.20 Å². The number of anilines is 2. The standard InChI is InChI=1S/C13H16N6O2/c14-11-9-5-6-17(8-3-1-2-4-8)13(9)18-12(16-11)10(7-15-18)19(20)21/h7-8H,1-6H2,(H2,14,16). The van der Waals surface area contributed by atoms with E-state index in [0.717, 1.165) is 37.2 Å². The van der Waals surface area contributed by atoms with Gasteiger partial charge in [-0.3, -0.25) is 10.1 Å². The summed E-state index contributed by atoms with van der Waals surface area (Å²) in [5.74, 6) is 1.29. The van der Waals surface area contributed by atoms with Gasteiger partial charge in [0.1, 0.15) is 17.8 Å². The Balaban J connectivity index is 1.93. The summed E-state index contributed by atoms with van der Waals surface area (Å²) in [6.45, 7) is 0.888. The second-order valence-electron chi connectivity index (χ2n) is 5.70. The van der Waals surface area contributed by atoms with E-state index in [1.807, 2.05) is 0 Å². The Morgan fingerprint density at radius 2 is 2.14 bits per heavy atom. The fraction of sp³-hybridized carbons (Fsp3) is 0.538. The molecule has 8 heteroatoms. The highest BCUT2D eigenvalue weighted by molar-refractivity contribution is 5.71. The molecule has 21 heavy (non-hydrogen) atoms. The predicted molar refractivity (Wildman–Crippen MR) is 77.4 cm³/mol. The number of nitrogens with zero attached hydrogens (tertiary/aromatic N) is 5. The molecule has 0 bridgehead atoms. The Hall–Kier alpha value is -2.38. The van der Waals surface area contributed by atoms with Crippen molar-refractivity contribution in [1.82, 2.24) is 14.6 Å². The summed E-state index contributed by atoms with van der Waals surface area (Å²) in [6, 6.07) is 0.486. The normalized spacial score (nSPS) is 18.6. The molecule has 0 spiro atoms. The van der Waals surface area contributed by atoms with Crippen molar-refractivity contribution in [3.8, 4) is 0 Å². The molecule has 1 aliphatic carbocycles. The van der Waals surface area contributed by atoms with E-state index >= 15 is 0 Å². The van der Waals surface area contributed by atoms with Crippen LogP contribution in [0.2, 0.25) is 0 Å². The van der Waals surface area contributed by atoms with Gasteiger partial charge in [0, 0.05) is 18.2 Å². The summed E-state index contributed by atoms with van der Waals surface area (Å²) in [4.78, 5) is 17.1. The van der Waals surface area contributed by atoms with Gasteiger partial charge in [0.05, 0.1) is 4.92 Å². The minimum Gasteiger partial charge on any atom is -0.383 e. The highest BCUT2D eigenvalue weighted by Gasteiger charge is 2.34. The molecule has 2 N–H and O–H groups in total. The lowest BCUT2D eigenvalue weighted by Gasteiger charge is -2.26. The van der Waals surface area contributed by atoms with Gasteiger partial charge in [-0.1, -0.05) is 12.8 Å². The van der Waals surface area contributed by atoms with E-state index in [9.17, 15) is 10.1 Å². The van der Waals surface area contributed by atoms with Gasteiger partial charge in [0.15, 0.2) is 0 Å². The fourth-order valence-corrected chi connectivity index (χ4v) is 3.59. The molecule has 0 amide bonds. The zero-order valence-corrected chi connectivity index (χ0v) is 11.5. The zero-order valence-electron chi connectivity index (χ0n) is 11.5. The molecule has 0 radical (unpaired) electrons. The third-order valence-corrected chi connectivity index (χ3v) is 4.57. The molecule has 0 aromatic carbocycles. The number of aromatic nitrogens is 3. The number of fused-ring (bicyclic) bond motifs is 3. The maximum Gasteiger partial charge on any atom is 0.333 e. The first-order chi connectivity index (χ1) is 10.2. The maximum atomic E-state index is 11.1. The lowest BCUT2D eigenvalue weighted by molar-refractivity contribution is -0.383. The van der Waals surface area contributed by atoms with Crippen molar-refractivity contribution in [3.63, 3.8) is 0 Å². The van der Waals surface area contributed by atoms with Crippen molar-refractivity contribution < 1.29 is 4.92 Å². The van der Waals surface area contributed by atoms with E-state index in [1.165, 1.54) is 19.0 Å². The maximum absolute atomic E-state index is 11.1. The Kier molecular flexibility index (Phi) is 2.54. The number of rotatable bonds is 2. The van der Waals surface area contributed by atoms with Crippen molar-refractivity contribution in [2.45, 2.75) is 38.1 Å². The van der Waals surface area contributed by atoms with Gasteiger partial charge in [-0.25, -0.2) is 4.98 Å². The molecule has 0 saturated heterocycles. The first kappa shape index (κ1) is 12.4. The molecule has 110 valence electrons. The van der Waals surface area contributed by atoms with Gasteiger partial charge >= 0.3 is 5.69 Å². The average molecular weight is 288 g/mol. The second-order valence-corrected chi connectivity index (χ2v) is 5.70. The molecule has 1 aliphatic heterocycles. The molecule has 2 aliphatic rings. The summed E-state index contributed by atoms with van der Waals surface area (Å²) in [7, 11) is 0. The third-order valence-electron chi connectivity index (χ3n) is 4.57. The Bertz CT molecular complexity index is 734. The molecule has 2 aromatic rings. The highest BCUT2D eigenvalue weighted by Crippen LogP contribution is 2.38. The Labute approximate surface area is 120 Å². The van der Waals surface area contributed by atoms with Gasteiger partial charge in [-0.15, -0.1) is 0 Å². The van der Waals surface area contributed by atoms with Crippen LogP contribution in [-0.4, -0.2) is 32.1 Å². The van der Waals surface area contributed by atoms with Crippen LogP contribution in [0.25, 0.3) is 5.65 Å². The van der Waals surface area contributed by atoms with Crippen LogP contribution in [0.3, 0.4) is 0 Å². The van der Waals surface area contributed by atoms with E-state index in [-0.39, 0.29) is 11.3 Å². The minimum absolute atomic E-state index is 0.0947. The second kappa shape index (κ2) is 4.31. The van der Waals surface area contributed by atoms with Crippen LogP contribution in [0.1, 0.15) is 31.2 Å². The zero-order chi connectivity index (χ0) is 14.6. The molecule has 1 saturated carbocycles. The molecule has 3 heterocycles. The Morgan fingerprint density at radius 1 is 1.38 bits per heavy atom. The molecule has 0 unspecified atom stereocenters. The average Bonchev–Trinajstić information content (AvgIpc) is 3.16. The number of nitrogens with two attached hydrogens (primary N) is 1. The highest BCUT2D eigenvalue weighted by atomic mass is 16.6. The molecule has 8 nitrogen and oxygen atoms in total. The molecule has 2 aromatic heterocycles. The van der Waals surface area contributed by atoms with Crippen LogP contribution in [-0.2, 0) is 6.42 Å². The summed E-state index contributed by atoms with van der Waals surface area (Å²) < 4.78 is 1.59. The van der Waals surface area contributed by atoms with E-state index in [1.54, 1.807) is 4.52 Å². The summed E-state index contributed by atoms with van der Waals surface area (Å²) in [5, 5.41) is 15.3. The molecular formula is C13H16N6O2. The lowest BCUT2D eigenvalue weighted by atomic mass is 10.2. The molecular weight excluding hydrogens is 272 g/mol. The fourth-order valence-electron chi connectivity index (χ4n) is 3.59. The lowest BCUT2D eigenvalue weighted by Crippen LogP contribution is -2.32. The first-order valence-corrected chi connectivity index (χ1v) is 7.24. The molecule has 1 fully saturated rings. The molecule has 0 atom stereocenters. The minimum atomic E-state index is -0.462. The molecule has 4 rings (SSSR count). The third kappa shape index (κ3) is 1.68. The van der Waals surface area contributed by atoms with Crippen molar-refractivity contribution >= 4 is 23.0 Å². The van der Waals surface area contributed by atoms with Gasteiger partial charge in [0.2, 0.25) is 5.65 Å². The van der Waals surface area contributed by atoms with Crippen molar-refractivity contribution in [2.75, 3.05) is 17.2 Å². The first-order valence-electron chi connectivity index (χ1n) is 7.24. The van der Waals surface area contributed by atoms with Gasteiger partial charge in [-0.2, -0.15) is 9.61 Å². The number of hydrogen-bond acceptors (Lipinski definition) is 6. The van der Waals surface area contributed by atoms with E-state index in [2.05, 4.69) is 15.0 Å². The van der Waals surface area contributed by atoms with E-state index in [4.69, 9.17) is 5.73 Å². The van der Waals surface area contributed by atoms with Crippen molar-refractivity contribution in [3.05, 3.63) is 21.9 Å². The number of nitrogen functional groups attached to an aromatic ring is 1. The predicted octanol–water partition coefficient (Wildman–Crippen LogP) is 1.52. The summed E-state index contributed by atoms with van der Waals surface area (Å²) in [5.41, 5.74) is 7.13. The van der Waals surface area contributed by atoms with Crippen molar-refractivity contribution in [1.29, 1.82) is 0 Å². The smallest absolute Gasteiger partial charge is 0.333 e. The van der Waals surface area contributed by atoms with Crippen LogP contribution in [0, 0.1) is 10.1 Å². The SMILES string of the molecule is Nc1nc2c([N+](=O)[O-])cnn2c2c1CCN2C1CCCC1. The van der Waals surface area contributed by atoms with Crippen molar-refractivity contribution in [2.24, 2.45) is 0 Å². The Morgan fingerprint density at radius 3 is 2.86 bits per heavy atom. The van der Waals surface area contributed by atoms with Gasteiger partial charge < -0.3 is 10.6 Å². The van der Waals surface area contributed by atoms with Gasteiger partial charge in [-0.05, 0) is 19.3 Å². The van der Waals surface area contributed by atoms with Crippen LogP contribution < -0.4 is 10.6 Å².